The molecule has 0 spiro atoms. The van der Waals surface area contributed by atoms with Gasteiger partial charge in [-0.3, -0.25) is 4.90 Å². The van der Waals surface area contributed by atoms with Gasteiger partial charge in [0.2, 0.25) is 0 Å². The SMILES string of the molecule is C=CC(=O)OCC.CC/C(=C(/c1ccc(OCCN(CC=O)C(=O)OC(C)(C)C)cc1)c1ccc2c(cnn2C2CCCCO2)c1)c1ccccc1C.CCOC(=O)/C=C/CN(CCOc1ccc(/C(=C(/CC)c2ccccc2C)c2ccc3c(cnn3C3CCCCO3)c2)cc1)C(=O)OC(C)(C)C. The van der Waals surface area contributed by atoms with Crippen LogP contribution in [0.5, 0.6) is 11.5 Å². The van der Waals surface area contributed by atoms with Crippen LogP contribution in [-0.2, 0) is 42.8 Å². The Morgan fingerprint density at radius 2 is 0.962 bits per heavy atom. The largest absolute Gasteiger partial charge is 0.492 e. The maximum Gasteiger partial charge on any atom is 0.410 e. The van der Waals surface area contributed by atoms with Crippen LogP contribution in [0.15, 0.2) is 171 Å². The molecule has 0 saturated carbocycles. The van der Waals surface area contributed by atoms with E-state index in [4.69, 9.17) is 43.4 Å². The van der Waals surface area contributed by atoms with Crippen LogP contribution in [0.4, 0.5) is 9.59 Å². The van der Waals surface area contributed by atoms with Gasteiger partial charge in [0.1, 0.15) is 42.2 Å². The second-order valence-corrected chi connectivity index (χ2v) is 27.3. The molecule has 2 aliphatic heterocycles. The molecule has 8 aromatic rings. The van der Waals surface area contributed by atoms with Crippen molar-refractivity contribution in [2.75, 3.05) is 65.8 Å². The molecule has 19 heteroatoms. The van der Waals surface area contributed by atoms with Gasteiger partial charge in [0, 0.05) is 42.7 Å². The molecule has 2 aromatic heterocycles. The molecule has 2 atom stereocenters. The Morgan fingerprint density at radius 1 is 0.548 bits per heavy atom. The van der Waals surface area contributed by atoms with Crippen molar-refractivity contribution in [2.24, 2.45) is 0 Å². The van der Waals surface area contributed by atoms with Crippen molar-refractivity contribution in [1.82, 2.24) is 29.4 Å². The zero-order valence-electron chi connectivity index (χ0n) is 62.7. The highest BCUT2D eigenvalue weighted by atomic mass is 16.6. The van der Waals surface area contributed by atoms with Crippen molar-refractivity contribution >= 4 is 74.5 Å². The molecule has 2 saturated heterocycles. The molecule has 0 N–H and O–H groups in total. The number of hydrogen-bond acceptors (Lipinski definition) is 15. The summed E-state index contributed by atoms with van der Waals surface area (Å²) in [5.41, 5.74) is 15.0. The number of aromatic nitrogens is 4. The van der Waals surface area contributed by atoms with Crippen molar-refractivity contribution < 1.29 is 61.9 Å². The Kier molecular flexibility index (Phi) is 29.8. The number of ether oxygens (including phenoxy) is 8. The van der Waals surface area contributed by atoms with Gasteiger partial charge in [0.25, 0.3) is 0 Å². The predicted molar refractivity (Wildman–Crippen MR) is 410 cm³/mol. The highest BCUT2D eigenvalue weighted by Crippen LogP contribution is 2.40. The van der Waals surface area contributed by atoms with E-state index in [1.807, 2.05) is 66.8 Å². The van der Waals surface area contributed by atoms with Crippen LogP contribution in [0, 0.1) is 13.8 Å². The molecule has 2 unspecified atom stereocenters. The lowest BCUT2D eigenvalue weighted by atomic mass is 9.86. The van der Waals surface area contributed by atoms with Gasteiger partial charge < -0.3 is 47.6 Å². The molecule has 6 aromatic carbocycles. The molecule has 2 amide bonds. The fraction of sp³-hybridized carbons (Fsp3) is 0.400. The molecule has 2 fully saturated rings. The minimum absolute atomic E-state index is 0.0209. The van der Waals surface area contributed by atoms with Gasteiger partial charge in [-0.2, -0.15) is 10.2 Å². The number of esters is 2. The lowest BCUT2D eigenvalue weighted by molar-refractivity contribution is -0.138. The monoisotopic (exact) mass is 1420 g/mol. The van der Waals surface area contributed by atoms with Crippen molar-refractivity contribution in [1.29, 1.82) is 0 Å². The number of fused-ring (bicyclic) bond motifs is 2. The molecule has 19 nitrogen and oxygen atoms in total. The number of aryl methyl sites for hydroxylation is 2. The van der Waals surface area contributed by atoms with E-state index >= 15 is 0 Å². The summed E-state index contributed by atoms with van der Waals surface area (Å²) in [6.07, 6.45) is 15.7. The Bertz CT molecular complexity index is 4250. The van der Waals surface area contributed by atoms with E-state index in [2.05, 4.69) is 148 Å². The van der Waals surface area contributed by atoms with Gasteiger partial charge in [-0.25, -0.2) is 28.5 Å². The first kappa shape index (κ1) is 79.6. The molecule has 104 heavy (non-hydrogen) atoms. The molecule has 0 aliphatic carbocycles. The molecule has 4 heterocycles. The lowest BCUT2D eigenvalue weighted by Gasteiger charge is -2.26. The first-order chi connectivity index (χ1) is 50.1. The summed E-state index contributed by atoms with van der Waals surface area (Å²) in [6, 6.07) is 46.4. The third-order valence-electron chi connectivity index (χ3n) is 17.3. The maximum absolute atomic E-state index is 12.9. The van der Waals surface area contributed by atoms with E-state index in [-0.39, 0.29) is 64.4 Å². The average molecular weight is 1420 g/mol. The zero-order valence-corrected chi connectivity index (χ0v) is 62.7. The van der Waals surface area contributed by atoms with E-state index < -0.39 is 29.4 Å². The number of carbonyl (C=O) groups excluding carboxylic acids is 5. The van der Waals surface area contributed by atoms with Gasteiger partial charge in [-0.15, -0.1) is 0 Å². The molecule has 10 rings (SSSR count). The molecule has 0 radical (unpaired) electrons. The number of allylic oxidation sites excluding steroid dienone is 2. The van der Waals surface area contributed by atoms with Gasteiger partial charge in [0.15, 0.2) is 12.5 Å². The van der Waals surface area contributed by atoms with E-state index in [0.717, 1.165) is 126 Å². The number of benzene rings is 6. The van der Waals surface area contributed by atoms with E-state index in [1.165, 1.54) is 49.3 Å². The summed E-state index contributed by atoms with van der Waals surface area (Å²) < 4.78 is 48.7. The van der Waals surface area contributed by atoms with Gasteiger partial charge in [-0.1, -0.05) is 111 Å². The van der Waals surface area contributed by atoms with E-state index in [0.29, 0.717) is 24.4 Å². The fourth-order valence-electron chi connectivity index (χ4n) is 12.5. The van der Waals surface area contributed by atoms with Crippen LogP contribution in [0.2, 0.25) is 0 Å². The summed E-state index contributed by atoms with van der Waals surface area (Å²) >= 11 is 0. The minimum atomic E-state index is -0.660. The Balaban J connectivity index is 0.000000242. The van der Waals surface area contributed by atoms with Gasteiger partial charge >= 0.3 is 24.1 Å². The van der Waals surface area contributed by atoms with Crippen LogP contribution in [0.25, 0.3) is 44.1 Å². The van der Waals surface area contributed by atoms with Crippen molar-refractivity contribution in [3.8, 4) is 11.5 Å². The summed E-state index contributed by atoms with van der Waals surface area (Å²) in [5.74, 6) is 0.547. The van der Waals surface area contributed by atoms with Crippen molar-refractivity contribution in [3.63, 3.8) is 0 Å². The summed E-state index contributed by atoms with van der Waals surface area (Å²) in [7, 11) is 0. The Labute approximate surface area is 613 Å². The molecule has 2 aliphatic rings. The summed E-state index contributed by atoms with van der Waals surface area (Å²) in [4.78, 5) is 61.3. The van der Waals surface area contributed by atoms with Crippen molar-refractivity contribution in [2.45, 2.75) is 158 Å². The number of amides is 2. The van der Waals surface area contributed by atoms with Crippen molar-refractivity contribution in [3.05, 3.63) is 215 Å². The van der Waals surface area contributed by atoms with E-state index in [9.17, 15) is 24.0 Å². The normalized spacial score (nSPS) is 15.0. The second kappa shape index (κ2) is 39.0. The van der Waals surface area contributed by atoms with Crippen LogP contribution < -0.4 is 9.47 Å². The van der Waals surface area contributed by atoms with Crippen LogP contribution in [0.1, 0.15) is 178 Å². The zero-order chi connectivity index (χ0) is 74.8. The number of hydrogen-bond donors (Lipinski definition) is 0. The predicted octanol–water partition coefficient (Wildman–Crippen LogP) is 18.1. The van der Waals surface area contributed by atoms with Crippen LogP contribution in [0.3, 0.4) is 0 Å². The fourth-order valence-corrected chi connectivity index (χ4v) is 12.5. The molecular formula is C85H104N6O13. The second-order valence-electron chi connectivity index (χ2n) is 27.3. The van der Waals surface area contributed by atoms with Gasteiger partial charge in [0.05, 0.1) is 56.3 Å². The molecule has 0 bridgehead atoms. The summed E-state index contributed by atoms with van der Waals surface area (Å²) in [5, 5.41) is 11.6. The minimum Gasteiger partial charge on any atom is -0.492 e. The maximum atomic E-state index is 12.9. The number of aldehydes is 1. The number of rotatable bonds is 26. The average Bonchev–Trinajstić information content (AvgIpc) is 1.52. The number of carbonyl (C=O) groups is 5. The number of nitrogens with zero attached hydrogens (tertiary/aromatic N) is 6. The first-order valence-corrected chi connectivity index (χ1v) is 36.3. The quantitative estimate of drug-likeness (QED) is 0.0163. The highest BCUT2D eigenvalue weighted by Gasteiger charge is 2.26. The molecule has 552 valence electrons. The van der Waals surface area contributed by atoms with E-state index in [1.54, 1.807) is 40.7 Å². The Hall–Kier alpha value is -10.1. The standard InChI is InChI=1S/C42H51N3O6.C38H45N3O5.C5H8O2/c1-7-35(36-15-10-9-14-30(36)3)40(32-20-23-37-33(28-32)29-43-45(37)38-16-11-12-26-50-38)31-18-21-34(22-19-31)49-27-25-44(41(47)51-42(4,5)6)24-13-17-39(46)48-8-2;1-6-32(33-12-8-7-11-27(33)2)36(29-16-19-34-30(25-29)26-39-41(34)35-13-9-10-23-45-35)28-14-17-31(18-15-28)44-24-21-40(20-22-42)37(43)46-38(3,4)5;1-3-5(6)7-4-2/h9-10,13-15,17-23,28-29,38H,7-8,11-12,16,24-27H2,1-6H3;7-8,11-12,14-19,22,25-26,35H,6,9-10,13,20-21,23-24H2,1-5H3;3H,1,4H2,2H3/b17-13+,40-35+;36-32+;. The lowest BCUT2D eigenvalue weighted by Crippen LogP contribution is -2.40. The first-order valence-electron chi connectivity index (χ1n) is 36.3. The van der Waals surface area contributed by atoms with Gasteiger partial charge in [-0.05, 0) is 236 Å². The van der Waals surface area contributed by atoms with Crippen LogP contribution in [-0.4, -0.2) is 137 Å². The highest BCUT2D eigenvalue weighted by molar-refractivity contribution is 6.02. The molecular weight excluding hydrogens is 1310 g/mol. The third-order valence-corrected chi connectivity index (χ3v) is 17.3. The topological polar surface area (TPSA) is 201 Å². The Morgan fingerprint density at radius 3 is 1.33 bits per heavy atom. The third kappa shape index (κ3) is 22.7. The summed E-state index contributed by atoms with van der Waals surface area (Å²) in [6.45, 7) is 29.6. The smallest absolute Gasteiger partial charge is 0.410 e. The van der Waals surface area contributed by atoms with Crippen LogP contribution >= 0.6 is 0 Å².